The summed E-state index contributed by atoms with van der Waals surface area (Å²) >= 11 is 0. The number of imidazole rings is 2. The van der Waals surface area contributed by atoms with Gasteiger partial charge in [-0.05, 0) is 138 Å². The minimum atomic E-state index is -3.07. The number of carbonyl (C=O) groups is 6. The molecule has 2 aliphatic carbocycles. The van der Waals surface area contributed by atoms with E-state index in [1.165, 1.54) is 47.5 Å². The Morgan fingerprint density at radius 2 is 1.12 bits per heavy atom. The Morgan fingerprint density at radius 1 is 0.565 bits per heavy atom. The van der Waals surface area contributed by atoms with Crippen LogP contribution in [0.25, 0.3) is 33.4 Å². The predicted molar refractivity (Wildman–Crippen MR) is 467 cm³/mol. The summed E-state index contributed by atoms with van der Waals surface area (Å²) < 4.78 is 120. The third kappa shape index (κ3) is 15.4. The highest BCUT2D eigenvalue weighted by Crippen LogP contribution is 2.50. The molecule has 2 saturated carbocycles. The average molecular weight is 1810 g/mol. The van der Waals surface area contributed by atoms with Gasteiger partial charge in [0.25, 0.3) is 24.7 Å². The zero-order chi connectivity index (χ0) is 89.8. The highest BCUT2D eigenvalue weighted by atomic mass is 19.3. The lowest BCUT2D eigenvalue weighted by molar-refractivity contribution is -0.137. The van der Waals surface area contributed by atoms with E-state index in [-0.39, 0.29) is 157 Å². The van der Waals surface area contributed by atoms with Gasteiger partial charge in [-0.3, -0.25) is 76.8 Å². The normalized spacial score (nSPS) is 28.2. The van der Waals surface area contributed by atoms with E-state index in [1.54, 1.807) is 52.6 Å². The molecule has 18 heterocycles. The van der Waals surface area contributed by atoms with Crippen LogP contribution in [0.4, 0.5) is 60.7 Å². The number of imide groups is 2. The number of para-hydroxylation sites is 2. The van der Waals surface area contributed by atoms with E-state index in [4.69, 9.17) is 19.4 Å². The number of hydrogen-bond donors (Lipinski definition) is 4. The summed E-state index contributed by atoms with van der Waals surface area (Å²) in [6.45, 7) is 9.49. The fourth-order valence-corrected chi connectivity index (χ4v) is 23.8. The lowest BCUT2D eigenvalue weighted by Crippen LogP contribution is -2.65. The van der Waals surface area contributed by atoms with Crippen LogP contribution in [0.3, 0.4) is 0 Å². The van der Waals surface area contributed by atoms with Crippen molar-refractivity contribution in [2.45, 2.75) is 175 Å². The molecule has 12 aliphatic rings. The maximum atomic E-state index is 17.3. The number of ether oxygens (including phenoxy) is 2. The Morgan fingerprint density at radius 3 is 1.67 bits per heavy atom. The Balaban J connectivity index is 0.456. The van der Waals surface area contributed by atoms with Crippen molar-refractivity contribution in [3.63, 3.8) is 0 Å². The van der Waals surface area contributed by atoms with Gasteiger partial charge in [-0.15, -0.1) is 0 Å². The van der Waals surface area contributed by atoms with Crippen LogP contribution in [0, 0.1) is 17.8 Å². The number of benzene rings is 2. The summed E-state index contributed by atoms with van der Waals surface area (Å²) in [4.78, 5) is 134. The van der Waals surface area contributed by atoms with E-state index in [0.717, 1.165) is 44.6 Å². The average Bonchev–Trinajstić information content (AvgIpc) is 1.74. The van der Waals surface area contributed by atoms with Crippen molar-refractivity contribution in [1.29, 1.82) is 0 Å². The van der Waals surface area contributed by atoms with E-state index < -0.39 is 83.9 Å². The predicted octanol–water partition coefficient (Wildman–Crippen LogP) is 6.60. The number of anilines is 6. The molecule has 42 heteroatoms. The number of rotatable bonds is 22. The topological polar surface area (TPSA) is 345 Å². The maximum absolute atomic E-state index is 17.3. The number of piperidine rings is 3. The molecule has 4 unspecified atom stereocenters. The van der Waals surface area contributed by atoms with E-state index in [1.807, 2.05) is 41.3 Å². The second kappa shape index (κ2) is 33.6. The van der Waals surface area contributed by atoms with Crippen molar-refractivity contribution < 1.29 is 64.6 Å². The Labute approximate surface area is 746 Å². The van der Waals surface area contributed by atoms with E-state index >= 15 is 26.3 Å². The molecular weight excluding hydrogens is 1710 g/mol. The molecule has 36 nitrogen and oxygen atoms in total. The van der Waals surface area contributed by atoms with Crippen molar-refractivity contribution in [2.75, 3.05) is 148 Å². The molecule has 6 amide bonds. The zero-order valence-corrected chi connectivity index (χ0v) is 72.6. The number of fused-ring (bicyclic) bond motifs is 8. The van der Waals surface area contributed by atoms with Crippen LogP contribution < -0.4 is 52.2 Å². The second-order valence-corrected chi connectivity index (χ2v) is 38.2. The van der Waals surface area contributed by atoms with Crippen LogP contribution in [-0.4, -0.2) is 288 Å². The first-order chi connectivity index (χ1) is 63.3. The number of morpholine rings is 2. The van der Waals surface area contributed by atoms with Crippen molar-refractivity contribution >= 4 is 103 Å². The number of carbonyl (C=O) groups excluding carboxylic acids is 6. The third-order valence-corrected chi connectivity index (χ3v) is 30.4. The van der Waals surface area contributed by atoms with Gasteiger partial charge in [0.05, 0.1) is 119 Å². The Hall–Kier alpha value is -11.6. The summed E-state index contributed by atoms with van der Waals surface area (Å²) in [5, 5.41) is 28.0. The first-order valence-electron chi connectivity index (χ1n) is 46.0. The molecule has 12 atom stereocenters. The summed E-state index contributed by atoms with van der Waals surface area (Å²) in [5.74, 6) is -1.98. The molecule has 22 rings (SSSR count). The van der Waals surface area contributed by atoms with Crippen LogP contribution in [-0.2, 0) is 42.7 Å². The lowest BCUT2D eigenvalue weighted by atomic mass is 9.72. The summed E-state index contributed by atoms with van der Waals surface area (Å²) in [6, 6.07) is 11.9. The van der Waals surface area contributed by atoms with Gasteiger partial charge in [0.2, 0.25) is 23.6 Å². The van der Waals surface area contributed by atoms with Crippen LogP contribution >= 0.6 is 0 Å². The van der Waals surface area contributed by atoms with Crippen LogP contribution in [0.5, 0.6) is 0 Å². The summed E-state index contributed by atoms with van der Waals surface area (Å²) in [5.41, 5.74) is 0.854. The van der Waals surface area contributed by atoms with Crippen LogP contribution in [0.15, 0.2) is 95.3 Å². The van der Waals surface area contributed by atoms with Crippen molar-refractivity contribution in [1.82, 2.24) is 97.3 Å². The molecular formula is C89H104F6N26O10. The molecule has 10 aliphatic heterocycles. The molecule has 131 heavy (non-hydrogen) atoms. The number of aryl methyl sites for hydroxylation is 2. The SMILES string of the molecule is Cn1c(=O)n(C2CCC(=O)NC2=O)c2cccc(N3CCN([C@@H]4CCN(C[C@H]5CC[C@H](n6cc(NC(=O)c7cnn8ccc(N9C[C@H]%10C[C@@H]9CO%10)nc78)c(C(F)F)n6)CC5C5O[C@@H]6C[C@H]5N(c5ccn7ncc(C(=O)Nc8cn(C9CCC(CN%10CCN(CC%11(F)CN(c%12cccc%13c%12n(C)c(=O)n%13C%12CCC(=O)NC%12=O)C%11)CC%10)CC9)nc8C(F)F)c7n5)C6)C[C@@H]4F)CC3)c21. The Kier molecular flexibility index (Phi) is 21.8. The highest BCUT2D eigenvalue weighted by Gasteiger charge is 2.54. The molecule has 692 valence electrons. The van der Waals surface area contributed by atoms with Gasteiger partial charge >= 0.3 is 11.4 Å². The molecule has 4 bridgehead atoms. The number of amides is 6. The number of hydrogen-bond acceptors (Lipinski definition) is 24. The largest absolute Gasteiger partial charge is 0.374 e. The lowest BCUT2D eigenvalue weighted by Gasteiger charge is -2.49. The van der Waals surface area contributed by atoms with Gasteiger partial charge in [0.1, 0.15) is 41.0 Å². The van der Waals surface area contributed by atoms with Gasteiger partial charge in [-0.25, -0.2) is 54.9 Å². The van der Waals surface area contributed by atoms with Crippen LogP contribution in [0.2, 0.25) is 0 Å². The molecule has 2 aromatic carbocycles. The second-order valence-electron chi connectivity index (χ2n) is 38.2. The molecule has 10 aromatic rings. The van der Waals surface area contributed by atoms with Gasteiger partial charge in [0, 0.05) is 149 Å². The maximum Gasteiger partial charge on any atom is 0.329 e. The molecule has 8 aromatic heterocycles. The third-order valence-electron chi connectivity index (χ3n) is 30.4. The molecule has 10 saturated heterocycles. The first-order valence-corrected chi connectivity index (χ1v) is 46.0. The summed E-state index contributed by atoms with van der Waals surface area (Å²) in [7, 11) is 3.32. The first kappa shape index (κ1) is 84.9. The van der Waals surface area contributed by atoms with Crippen LogP contribution in [0.1, 0.15) is 159 Å². The number of nitrogens with one attached hydrogen (secondary N) is 4. The molecule has 4 N–H and O–H groups in total. The quantitative estimate of drug-likeness (QED) is 0.0410. The van der Waals surface area contributed by atoms with Crippen molar-refractivity contribution in [3.05, 3.63) is 129 Å². The van der Waals surface area contributed by atoms with E-state index in [0.29, 0.717) is 162 Å². The number of halogens is 6. The van der Waals surface area contributed by atoms with Crippen molar-refractivity contribution in [3.8, 4) is 0 Å². The fourth-order valence-electron chi connectivity index (χ4n) is 23.8. The zero-order valence-electron chi connectivity index (χ0n) is 72.6. The van der Waals surface area contributed by atoms with Gasteiger partial charge < -0.3 is 49.5 Å². The fraction of sp³-hybridized carbons (Fsp3) is 0.573. The number of likely N-dealkylation sites (tertiary alicyclic amines) is 1. The monoisotopic (exact) mass is 1810 g/mol. The number of alkyl halides is 6. The number of piperazine rings is 2. The number of nitrogens with zero attached hydrogens (tertiary/aromatic N) is 22. The van der Waals surface area contributed by atoms with Crippen molar-refractivity contribution in [2.24, 2.45) is 31.8 Å². The standard InChI is InChI=1S/C89H104F6N26O10/c1-106-76-63(5-3-7-65(76)120(87(106)128)67-15-17-72(122)102-85(67)126)112-31-29-111(30-32-112)62-19-22-110(42-59(62)90)39-50-11-14-52(119-44-61(75(105-119)80(93)94)99-83(124)57-36-96-116-23-20-70(100-81(57)116)114-40-54-33-53(114)45-130-54)34-56(50)78-69-35-55(131-78)41-115(69)71-21-24-117-82(101-71)58(37-97-117)84(125)98-60-43-118(104-74(60)79(91)92)51-12-9-49(10-13-51)38-108-25-27-109(28-26-108)46-89(95)47-113(48-89)64-6-4-8-66-77(64)107(2)88(129)121(66)68-16-18-73(123)103-86(68)127/h3-8,20-21,23-24,36-37,43-44,49-56,59,62,67-69,78-80H,9-19,22,25-35,38-42,45-48H2,1-2H3,(H,98,125)(H,99,124)(H,102,122,126)(H,103,123,127)/t49?,50-,51?,52+,53-,54-,55-,56?,59+,62-,67?,68?,69-,78?/m1/s1. The van der Waals surface area contributed by atoms with E-state index in [2.05, 4.69) is 76.0 Å². The van der Waals surface area contributed by atoms with Gasteiger partial charge in [0.15, 0.2) is 28.4 Å². The van der Waals surface area contributed by atoms with Gasteiger partial charge in [-0.1, -0.05) is 12.1 Å². The minimum absolute atomic E-state index is 0.0388. The molecule has 12 fully saturated rings. The smallest absolute Gasteiger partial charge is 0.329 e. The summed E-state index contributed by atoms with van der Waals surface area (Å²) in [6.07, 6.45) is 8.43. The molecule has 0 radical (unpaired) electrons. The number of aromatic nitrogens is 14. The minimum Gasteiger partial charge on any atom is -0.374 e. The van der Waals surface area contributed by atoms with Gasteiger partial charge in [-0.2, -0.15) is 20.4 Å². The molecule has 0 spiro atoms. The Bertz CT molecular complexity index is 6290. The van der Waals surface area contributed by atoms with E-state index in [9.17, 15) is 38.4 Å². The highest BCUT2D eigenvalue weighted by molar-refractivity contribution is 6.09.